The molecule has 0 unspecified atom stereocenters. The van der Waals surface area contributed by atoms with Gasteiger partial charge in [-0.2, -0.15) is 0 Å². The highest BCUT2D eigenvalue weighted by atomic mass is 32.2. The molecule has 0 rings (SSSR count). The van der Waals surface area contributed by atoms with Gasteiger partial charge in [0, 0.05) is 26.4 Å². The number of methoxy groups -OCH3 is 1. The van der Waals surface area contributed by atoms with E-state index in [1.807, 2.05) is 0 Å². The average molecular weight is 525 g/mol. The van der Waals surface area contributed by atoms with Crippen molar-refractivity contribution < 1.29 is 38.0 Å². The highest BCUT2D eigenvalue weighted by Gasteiger charge is 1.97. The molecule has 0 fully saturated rings. The third-order valence-electron chi connectivity index (χ3n) is 5.03. The van der Waals surface area contributed by atoms with Crippen molar-refractivity contribution in [2.24, 2.45) is 0 Å². The topological polar surface area (TPSA) is 81.7 Å². The van der Waals surface area contributed by atoms with Crippen molar-refractivity contribution in [2.45, 2.75) is 64.7 Å². The first-order valence-corrected chi connectivity index (χ1v) is 14.3. The van der Waals surface area contributed by atoms with Gasteiger partial charge in [-0.1, -0.05) is 56.7 Å². The Kier molecular flexibility index (Phi) is 31.5. The van der Waals surface area contributed by atoms with E-state index < -0.39 is 0 Å². The van der Waals surface area contributed by atoms with Crippen molar-refractivity contribution in [1.29, 1.82) is 0 Å². The minimum Gasteiger partial charge on any atom is -0.382 e. The Morgan fingerprint density at radius 3 is 1.14 bits per heavy atom. The zero-order valence-corrected chi connectivity index (χ0v) is 23.3. The molecule has 0 heterocycles. The summed E-state index contributed by atoms with van der Waals surface area (Å²) in [7, 11) is 1.65. The van der Waals surface area contributed by atoms with E-state index in [0.29, 0.717) is 79.3 Å². The van der Waals surface area contributed by atoms with E-state index in [-0.39, 0.29) is 5.12 Å². The first kappa shape index (κ1) is 34.7. The van der Waals surface area contributed by atoms with Crippen LogP contribution in [-0.2, 0) is 38.0 Å². The average Bonchev–Trinajstić information content (AvgIpc) is 2.85. The number of thioether (sulfide) groups is 1. The van der Waals surface area contributed by atoms with Gasteiger partial charge < -0.3 is 33.2 Å². The smallest absolute Gasteiger partial charge is 0.185 e. The molecule has 0 aromatic rings. The molecule has 9 heteroatoms. The minimum absolute atomic E-state index is 0.236. The maximum atomic E-state index is 10.8. The quantitative estimate of drug-likeness (QED) is 0.126. The summed E-state index contributed by atoms with van der Waals surface area (Å²) in [5, 5.41) is 0.236. The highest BCUT2D eigenvalue weighted by molar-refractivity contribution is 8.13. The van der Waals surface area contributed by atoms with E-state index in [9.17, 15) is 4.79 Å². The van der Waals surface area contributed by atoms with Gasteiger partial charge in [0.25, 0.3) is 0 Å². The lowest BCUT2D eigenvalue weighted by atomic mass is 10.1. The fraction of sp³-hybridized carbons (Fsp3) is 0.962. The van der Waals surface area contributed by atoms with Crippen molar-refractivity contribution in [3.63, 3.8) is 0 Å². The van der Waals surface area contributed by atoms with Gasteiger partial charge in [-0.25, -0.2) is 0 Å². The largest absolute Gasteiger partial charge is 0.382 e. The zero-order valence-electron chi connectivity index (χ0n) is 22.4. The molecule has 0 atom stereocenters. The second-order valence-electron chi connectivity index (χ2n) is 8.19. The summed E-state index contributed by atoms with van der Waals surface area (Å²) >= 11 is 1.45. The molecule has 0 aromatic heterocycles. The lowest BCUT2D eigenvalue weighted by Crippen LogP contribution is -2.14. The van der Waals surface area contributed by atoms with Gasteiger partial charge in [0.1, 0.15) is 0 Å². The second-order valence-corrected chi connectivity index (χ2v) is 9.46. The number of rotatable bonds is 30. The first-order valence-electron chi connectivity index (χ1n) is 13.4. The molecular formula is C26H52O8S. The Hall–Kier alpha value is -0.260. The van der Waals surface area contributed by atoms with Crippen LogP contribution in [0.5, 0.6) is 0 Å². The van der Waals surface area contributed by atoms with E-state index in [2.05, 4.69) is 0 Å². The molecule has 8 nitrogen and oxygen atoms in total. The molecule has 210 valence electrons. The van der Waals surface area contributed by atoms with Crippen molar-refractivity contribution in [3.8, 4) is 0 Å². The Bertz CT molecular complexity index is 415. The molecule has 0 saturated carbocycles. The van der Waals surface area contributed by atoms with E-state index in [1.165, 1.54) is 56.7 Å². The number of carbonyl (C=O) groups excluding carboxylic acids is 1. The van der Waals surface area contributed by atoms with Gasteiger partial charge in [0.15, 0.2) is 5.12 Å². The lowest BCUT2D eigenvalue weighted by molar-refractivity contribution is -0.109. The highest BCUT2D eigenvalue weighted by Crippen LogP contribution is 2.12. The summed E-state index contributed by atoms with van der Waals surface area (Å²) in [6, 6.07) is 0. The van der Waals surface area contributed by atoms with Gasteiger partial charge >= 0.3 is 0 Å². The molecule has 0 aliphatic rings. The molecule has 0 aliphatic carbocycles. The minimum atomic E-state index is 0.236. The van der Waals surface area contributed by atoms with Crippen LogP contribution in [0.25, 0.3) is 0 Å². The fourth-order valence-electron chi connectivity index (χ4n) is 3.10. The third kappa shape index (κ3) is 33.7. The molecule has 0 aliphatic heterocycles. The molecule has 0 N–H and O–H groups in total. The maximum absolute atomic E-state index is 10.8. The molecule has 0 aromatic carbocycles. The third-order valence-corrected chi connectivity index (χ3v) is 5.93. The number of hydrogen-bond donors (Lipinski definition) is 0. The van der Waals surface area contributed by atoms with Crippen LogP contribution in [0.3, 0.4) is 0 Å². The summed E-state index contributed by atoms with van der Waals surface area (Å²) < 4.78 is 37.6. The summed E-state index contributed by atoms with van der Waals surface area (Å²) in [5.41, 5.74) is 0. The van der Waals surface area contributed by atoms with Gasteiger partial charge in [0.05, 0.1) is 79.3 Å². The molecule has 0 amide bonds. The number of hydrogen-bond acceptors (Lipinski definition) is 9. The van der Waals surface area contributed by atoms with Gasteiger partial charge in [-0.05, 0) is 12.8 Å². The van der Waals surface area contributed by atoms with E-state index in [4.69, 9.17) is 33.2 Å². The standard InChI is InChI=1S/C26H52O8S/c1-26(27)35-25-11-9-7-5-3-4-6-8-10-12-29-15-16-31-19-20-33-23-24-34-22-21-32-18-17-30-14-13-28-2/h3-25H2,1-2H3. The molecule has 0 saturated heterocycles. The SMILES string of the molecule is COCCOCCOCCOCCOCCOCCOCCCCCCCCCCCSC(C)=O. The second kappa shape index (κ2) is 31.8. The van der Waals surface area contributed by atoms with E-state index >= 15 is 0 Å². The van der Waals surface area contributed by atoms with Crippen LogP contribution in [0.2, 0.25) is 0 Å². The maximum Gasteiger partial charge on any atom is 0.185 e. The predicted molar refractivity (Wildman–Crippen MR) is 141 cm³/mol. The van der Waals surface area contributed by atoms with Crippen LogP contribution in [0, 0.1) is 0 Å². The Labute approximate surface area is 218 Å². The van der Waals surface area contributed by atoms with Crippen LogP contribution in [0.1, 0.15) is 64.7 Å². The van der Waals surface area contributed by atoms with Crippen LogP contribution in [0.4, 0.5) is 0 Å². The number of unbranched alkanes of at least 4 members (excludes halogenated alkanes) is 8. The van der Waals surface area contributed by atoms with Gasteiger partial charge in [-0.3, -0.25) is 4.79 Å². The number of carbonyl (C=O) groups is 1. The van der Waals surface area contributed by atoms with Crippen LogP contribution in [0.15, 0.2) is 0 Å². The lowest BCUT2D eigenvalue weighted by Gasteiger charge is -2.08. The molecule has 35 heavy (non-hydrogen) atoms. The monoisotopic (exact) mass is 524 g/mol. The summed E-state index contributed by atoms with van der Waals surface area (Å²) in [6.07, 6.45) is 11.3. The van der Waals surface area contributed by atoms with Crippen molar-refractivity contribution in [1.82, 2.24) is 0 Å². The normalized spacial score (nSPS) is 11.4. The van der Waals surface area contributed by atoms with E-state index in [0.717, 1.165) is 25.2 Å². The first-order chi connectivity index (χ1) is 17.3. The van der Waals surface area contributed by atoms with Gasteiger partial charge in [-0.15, -0.1) is 0 Å². The zero-order chi connectivity index (χ0) is 25.5. The Morgan fingerprint density at radius 2 is 0.771 bits per heavy atom. The van der Waals surface area contributed by atoms with Crippen LogP contribution >= 0.6 is 11.8 Å². The fourth-order valence-corrected chi connectivity index (χ4v) is 3.74. The summed E-state index contributed by atoms with van der Waals surface area (Å²) in [4.78, 5) is 10.8. The summed E-state index contributed by atoms with van der Waals surface area (Å²) in [6.45, 7) is 9.41. The van der Waals surface area contributed by atoms with Gasteiger partial charge in [0.2, 0.25) is 0 Å². The summed E-state index contributed by atoms with van der Waals surface area (Å²) in [5.74, 6) is 0.981. The molecule has 0 radical (unpaired) electrons. The predicted octanol–water partition coefficient (Wildman–Crippen LogP) is 4.52. The molecule has 0 spiro atoms. The molecular weight excluding hydrogens is 472 g/mol. The van der Waals surface area contributed by atoms with Crippen LogP contribution in [-0.4, -0.2) is 104 Å². The Balaban J connectivity index is 3.01. The van der Waals surface area contributed by atoms with E-state index in [1.54, 1.807) is 14.0 Å². The van der Waals surface area contributed by atoms with Crippen molar-refractivity contribution in [3.05, 3.63) is 0 Å². The van der Waals surface area contributed by atoms with Crippen molar-refractivity contribution in [2.75, 3.05) is 98.8 Å². The number of ether oxygens (including phenoxy) is 7. The Morgan fingerprint density at radius 1 is 0.457 bits per heavy atom. The van der Waals surface area contributed by atoms with Crippen LogP contribution < -0.4 is 0 Å². The van der Waals surface area contributed by atoms with Crippen molar-refractivity contribution >= 4 is 16.9 Å². The molecule has 0 bridgehead atoms.